The van der Waals surface area contributed by atoms with Gasteiger partial charge in [0.2, 0.25) is 0 Å². The molecule has 0 amide bonds. The van der Waals surface area contributed by atoms with Crippen LogP contribution in [0.25, 0.3) is 11.4 Å². The number of hydrogen-bond acceptors (Lipinski definition) is 1. The summed E-state index contributed by atoms with van der Waals surface area (Å²) < 4.78 is 0. The quantitative estimate of drug-likeness (QED) is 0.675. The number of imidazole rings is 1. The normalized spacial score (nSPS) is 10.1. The van der Waals surface area contributed by atoms with Gasteiger partial charge in [-0.15, -0.1) is 0 Å². The van der Waals surface area contributed by atoms with E-state index in [1.54, 1.807) is 0 Å². The van der Waals surface area contributed by atoms with Gasteiger partial charge in [-0.25, -0.2) is 4.98 Å². The standard InChI is InChI=1S/C10H9N2/c1-8-7-11-10(12-8)9-5-3-2-4-6-9/h3-7H,1H3,(H,11,12). The van der Waals surface area contributed by atoms with Crippen LogP contribution in [0.5, 0.6) is 0 Å². The summed E-state index contributed by atoms with van der Waals surface area (Å²) in [5.74, 6) is 0.918. The van der Waals surface area contributed by atoms with Crippen LogP contribution in [0.2, 0.25) is 0 Å². The van der Waals surface area contributed by atoms with Gasteiger partial charge in [-0.05, 0) is 13.0 Å². The molecule has 0 fully saturated rings. The number of hydrogen-bond donors (Lipinski definition) is 1. The van der Waals surface area contributed by atoms with Crippen molar-refractivity contribution in [2.24, 2.45) is 0 Å². The van der Waals surface area contributed by atoms with Crippen LogP contribution in [0.1, 0.15) is 5.69 Å². The Morgan fingerprint density at radius 1 is 1.33 bits per heavy atom. The molecule has 59 valence electrons. The lowest BCUT2D eigenvalue weighted by Gasteiger charge is -1.92. The molecule has 0 spiro atoms. The molecule has 0 aliphatic carbocycles. The van der Waals surface area contributed by atoms with Gasteiger partial charge in [0.1, 0.15) is 5.82 Å². The van der Waals surface area contributed by atoms with Crippen LogP contribution in [0, 0.1) is 13.0 Å². The van der Waals surface area contributed by atoms with E-state index in [1.165, 1.54) is 0 Å². The van der Waals surface area contributed by atoms with Crippen LogP contribution in [-0.4, -0.2) is 9.97 Å². The zero-order valence-corrected chi connectivity index (χ0v) is 6.83. The maximum Gasteiger partial charge on any atom is 0.137 e. The van der Waals surface area contributed by atoms with Gasteiger partial charge in [0.05, 0.1) is 5.69 Å². The first kappa shape index (κ1) is 7.10. The van der Waals surface area contributed by atoms with Crippen LogP contribution in [-0.2, 0) is 0 Å². The molecule has 12 heavy (non-hydrogen) atoms. The summed E-state index contributed by atoms with van der Waals surface area (Å²) in [5, 5.41) is 0. The van der Waals surface area contributed by atoms with Crippen molar-refractivity contribution in [3.05, 3.63) is 42.2 Å². The van der Waals surface area contributed by atoms with Crippen LogP contribution in [0.15, 0.2) is 30.5 Å². The Balaban J connectivity index is 2.45. The molecule has 2 rings (SSSR count). The largest absolute Gasteiger partial charge is 0.344 e. The Morgan fingerprint density at radius 3 is 2.67 bits per heavy atom. The number of nitrogens with zero attached hydrogens (tertiary/aromatic N) is 1. The molecule has 0 saturated heterocycles. The van der Waals surface area contributed by atoms with Gasteiger partial charge in [0.15, 0.2) is 0 Å². The first-order valence-electron chi connectivity index (χ1n) is 3.85. The van der Waals surface area contributed by atoms with E-state index in [0.717, 1.165) is 17.1 Å². The molecular formula is C10H9N2. The van der Waals surface area contributed by atoms with Gasteiger partial charge in [0, 0.05) is 11.8 Å². The smallest absolute Gasteiger partial charge is 0.137 e. The van der Waals surface area contributed by atoms with Crippen LogP contribution in [0.3, 0.4) is 0 Å². The third-order valence-corrected chi connectivity index (χ3v) is 1.70. The molecule has 0 bridgehead atoms. The van der Waals surface area contributed by atoms with Gasteiger partial charge in [-0.2, -0.15) is 0 Å². The van der Waals surface area contributed by atoms with Crippen LogP contribution in [0.4, 0.5) is 0 Å². The lowest BCUT2D eigenvalue weighted by molar-refractivity contribution is 1.26. The summed E-state index contributed by atoms with van der Waals surface area (Å²) in [6.07, 6.45) is 1.89. The topological polar surface area (TPSA) is 28.7 Å². The Hall–Kier alpha value is -1.57. The van der Waals surface area contributed by atoms with Gasteiger partial charge < -0.3 is 4.98 Å². The molecule has 2 nitrogen and oxygen atoms in total. The molecular weight excluding hydrogens is 148 g/mol. The first-order valence-corrected chi connectivity index (χ1v) is 3.85. The molecule has 2 heteroatoms. The minimum atomic E-state index is 0.918. The number of H-pyrrole nitrogens is 1. The number of rotatable bonds is 1. The van der Waals surface area contributed by atoms with E-state index >= 15 is 0 Å². The van der Waals surface area contributed by atoms with E-state index in [9.17, 15) is 0 Å². The van der Waals surface area contributed by atoms with Crippen molar-refractivity contribution in [1.29, 1.82) is 0 Å². The predicted octanol–water partition coefficient (Wildman–Crippen LogP) is 2.19. The maximum atomic E-state index is 4.31. The Bertz CT molecular complexity index is 362. The molecule has 1 aromatic carbocycles. The van der Waals surface area contributed by atoms with Crippen molar-refractivity contribution in [1.82, 2.24) is 9.97 Å². The van der Waals surface area contributed by atoms with Crippen molar-refractivity contribution in [3.8, 4) is 11.4 Å². The van der Waals surface area contributed by atoms with Gasteiger partial charge in [-0.1, -0.05) is 24.3 Å². The molecule has 0 unspecified atom stereocenters. The van der Waals surface area contributed by atoms with Crippen LogP contribution >= 0.6 is 0 Å². The average molecular weight is 157 g/mol. The lowest BCUT2D eigenvalue weighted by atomic mass is 10.2. The number of nitrogens with one attached hydrogen (secondary N) is 1. The van der Waals surface area contributed by atoms with Crippen molar-refractivity contribution in [3.63, 3.8) is 0 Å². The Morgan fingerprint density at radius 2 is 2.08 bits per heavy atom. The highest BCUT2D eigenvalue weighted by atomic mass is 14.9. The molecule has 0 saturated carbocycles. The fraction of sp³-hybridized carbons (Fsp3) is 0.100. The zero-order chi connectivity index (χ0) is 8.39. The van der Waals surface area contributed by atoms with E-state index in [2.05, 4.69) is 16.0 Å². The summed E-state index contributed by atoms with van der Waals surface area (Å²) in [7, 11) is 0. The van der Waals surface area contributed by atoms with E-state index < -0.39 is 0 Å². The number of benzene rings is 1. The highest BCUT2D eigenvalue weighted by molar-refractivity contribution is 5.54. The highest BCUT2D eigenvalue weighted by Gasteiger charge is 1.98. The molecule has 1 aromatic heterocycles. The molecule has 0 atom stereocenters. The second-order valence-corrected chi connectivity index (χ2v) is 2.68. The SMILES string of the molecule is Cc1c[nH]c(-c2cc[c]cc2)n1. The summed E-state index contributed by atoms with van der Waals surface area (Å²) in [6.45, 7) is 1.97. The molecule has 1 heterocycles. The van der Waals surface area contributed by atoms with E-state index in [0.29, 0.717) is 0 Å². The average Bonchev–Trinajstić information content (AvgIpc) is 2.54. The zero-order valence-electron chi connectivity index (χ0n) is 6.83. The van der Waals surface area contributed by atoms with Crippen molar-refractivity contribution in [2.45, 2.75) is 6.92 Å². The van der Waals surface area contributed by atoms with Gasteiger partial charge in [0.25, 0.3) is 0 Å². The van der Waals surface area contributed by atoms with Gasteiger partial charge in [-0.3, -0.25) is 0 Å². The monoisotopic (exact) mass is 157 g/mol. The first-order chi connectivity index (χ1) is 5.86. The third-order valence-electron chi connectivity index (χ3n) is 1.70. The van der Waals surface area contributed by atoms with E-state index in [1.807, 2.05) is 37.4 Å². The Labute approximate surface area is 71.3 Å². The second kappa shape index (κ2) is 2.81. The molecule has 0 aliphatic heterocycles. The van der Waals surface area contributed by atoms with E-state index in [-0.39, 0.29) is 0 Å². The molecule has 0 aliphatic rings. The summed E-state index contributed by atoms with van der Waals surface area (Å²) in [4.78, 5) is 7.41. The number of aromatic nitrogens is 2. The molecule has 2 aromatic rings. The summed E-state index contributed by atoms with van der Waals surface area (Å²) in [6, 6.07) is 10.7. The number of aromatic amines is 1. The lowest BCUT2D eigenvalue weighted by Crippen LogP contribution is -1.78. The minimum Gasteiger partial charge on any atom is -0.344 e. The molecule has 1 radical (unpaired) electrons. The van der Waals surface area contributed by atoms with Crippen molar-refractivity contribution in [2.75, 3.05) is 0 Å². The van der Waals surface area contributed by atoms with Gasteiger partial charge >= 0.3 is 0 Å². The summed E-state index contributed by atoms with van der Waals surface area (Å²) in [5.41, 5.74) is 2.11. The summed E-state index contributed by atoms with van der Waals surface area (Å²) >= 11 is 0. The van der Waals surface area contributed by atoms with Crippen molar-refractivity contribution >= 4 is 0 Å². The Kier molecular flexibility index (Phi) is 1.67. The maximum absolute atomic E-state index is 4.31. The molecule has 1 N–H and O–H groups in total. The van der Waals surface area contributed by atoms with Crippen molar-refractivity contribution < 1.29 is 0 Å². The second-order valence-electron chi connectivity index (χ2n) is 2.68. The number of aryl methyl sites for hydroxylation is 1. The predicted molar refractivity (Wildman–Crippen MR) is 47.6 cm³/mol. The fourth-order valence-electron chi connectivity index (χ4n) is 1.11. The third kappa shape index (κ3) is 1.23. The minimum absolute atomic E-state index is 0.918. The highest BCUT2D eigenvalue weighted by Crippen LogP contribution is 2.13. The van der Waals surface area contributed by atoms with E-state index in [4.69, 9.17) is 0 Å². The fourth-order valence-corrected chi connectivity index (χ4v) is 1.11. The van der Waals surface area contributed by atoms with Crippen LogP contribution < -0.4 is 0 Å².